The van der Waals surface area contributed by atoms with Crippen LogP contribution in [0.2, 0.25) is 0 Å². The summed E-state index contributed by atoms with van der Waals surface area (Å²) >= 11 is 0. The normalized spacial score (nSPS) is 15.0. The highest BCUT2D eigenvalue weighted by atomic mass is 32.2. The average molecular weight is 589 g/mol. The van der Waals surface area contributed by atoms with E-state index in [0.29, 0.717) is 12.8 Å². The van der Waals surface area contributed by atoms with Crippen molar-refractivity contribution in [2.24, 2.45) is 11.8 Å². The zero-order chi connectivity index (χ0) is 30.6. The maximum atomic E-state index is 13.6. The number of benzene rings is 2. The molecule has 0 aliphatic carbocycles. The maximum absolute atomic E-state index is 13.6. The second kappa shape index (κ2) is 16.6. The predicted octanol–water partition coefficient (Wildman–Crippen LogP) is 2.90. The van der Waals surface area contributed by atoms with Crippen LogP contribution < -0.4 is 10.6 Å². The molecule has 2 rings (SSSR count). The second-order valence-electron chi connectivity index (χ2n) is 11.4. The number of rotatable bonds is 17. The van der Waals surface area contributed by atoms with Crippen LogP contribution in [0.1, 0.15) is 46.1 Å². The highest BCUT2D eigenvalue weighted by Gasteiger charge is 2.33. The van der Waals surface area contributed by atoms with Gasteiger partial charge in [-0.3, -0.25) is 9.59 Å². The minimum Gasteiger partial charge on any atom is -0.390 e. The monoisotopic (exact) mass is 588 g/mol. The molecule has 0 aliphatic heterocycles. The molecule has 0 aliphatic rings. The van der Waals surface area contributed by atoms with Crippen molar-refractivity contribution in [2.45, 2.75) is 70.0 Å². The van der Waals surface area contributed by atoms with E-state index in [1.807, 2.05) is 58.0 Å². The van der Waals surface area contributed by atoms with Crippen molar-refractivity contribution in [2.75, 3.05) is 33.7 Å². The van der Waals surface area contributed by atoms with Gasteiger partial charge < -0.3 is 20.6 Å². The zero-order valence-corrected chi connectivity index (χ0v) is 26.1. The topological polar surface area (TPSA) is 119 Å². The fourth-order valence-corrected chi connectivity index (χ4v) is 5.92. The molecule has 1 unspecified atom stereocenters. The Morgan fingerprint density at radius 3 is 2.05 bits per heavy atom. The number of sulfonamides is 1. The molecule has 0 heterocycles. The summed E-state index contributed by atoms with van der Waals surface area (Å²) in [4.78, 5) is 28.0. The van der Waals surface area contributed by atoms with E-state index in [0.717, 1.165) is 5.56 Å². The maximum Gasteiger partial charge on any atom is 0.243 e. The third-order valence-electron chi connectivity index (χ3n) is 7.09. The number of hydrogen-bond donors (Lipinski definition) is 3. The van der Waals surface area contributed by atoms with Crippen LogP contribution in [-0.4, -0.2) is 86.5 Å². The van der Waals surface area contributed by atoms with E-state index in [2.05, 4.69) is 10.6 Å². The van der Waals surface area contributed by atoms with Crippen LogP contribution in [0, 0.1) is 11.8 Å². The van der Waals surface area contributed by atoms with Gasteiger partial charge in [-0.05, 0) is 56.5 Å². The molecule has 0 radical (unpaired) electrons. The standard InChI is InChI=1S/C31H48N4O5S/c1-7-24(4)30(33-29(37)22-34(5)6)31(38)32-27(20-25-14-10-8-11-15-25)28(36)21-35(19-18-23(2)3)41(39,40)26-16-12-9-13-17-26/h8-17,23-24,27-28,30,36H,7,18-22H2,1-6H3,(H,32,38)(H,33,37)/t24-,27+,28-,30?/m1/s1. The van der Waals surface area contributed by atoms with Crippen LogP contribution in [0.4, 0.5) is 0 Å². The Kier molecular flexibility index (Phi) is 13.9. The molecule has 0 aromatic heterocycles. The molecule has 10 heteroatoms. The quantitative estimate of drug-likeness (QED) is 0.262. The van der Waals surface area contributed by atoms with Gasteiger partial charge in [-0.2, -0.15) is 4.31 Å². The number of amides is 2. The summed E-state index contributed by atoms with van der Waals surface area (Å²) in [6.45, 7) is 8.04. The third kappa shape index (κ3) is 11.2. The van der Waals surface area contributed by atoms with Gasteiger partial charge in [0.25, 0.3) is 0 Å². The Bertz CT molecular complexity index is 1180. The number of carbonyl (C=O) groups excluding carboxylic acids is 2. The number of aliphatic hydroxyl groups excluding tert-OH is 1. The molecule has 0 bridgehead atoms. The van der Waals surface area contributed by atoms with Gasteiger partial charge in [0.2, 0.25) is 21.8 Å². The van der Waals surface area contributed by atoms with Crippen LogP contribution in [0.15, 0.2) is 65.6 Å². The van der Waals surface area contributed by atoms with E-state index in [4.69, 9.17) is 0 Å². The van der Waals surface area contributed by atoms with E-state index in [1.165, 1.54) is 4.31 Å². The minimum atomic E-state index is -3.89. The predicted molar refractivity (Wildman–Crippen MR) is 163 cm³/mol. The van der Waals surface area contributed by atoms with Gasteiger partial charge in [0, 0.05) is 13.1 Å². The molecular formula is C31H48N4O5S. The van der Waals surface area contributed by atoms with E-state index in [1.54, 1.807) is 49.3 Å². The van der Waals surface area contributed by atoms with Gasteiger partial charge in [0.05, 0.1) is 23.6 Å². The summed E-state index contributed by atoms with van der Waals surface area (Å²) < 4.78 is 28.5. The van der Waals surface area contributed by atoms with Gasteiger partial charge in [0.15, 0.2) is 0 Å². The third-order valence-corrected chi connectivity index (χ3v) is 8.97. The van der Waals surface area contributed by atoms with Crippen molar-refractivity contribution in [1.82, 2.24) is 19.8 Å². The number of hydrogen-bond acceptors (Lipinski definition) is 6. The van der Waals surface area contributed by atoms with Crippen molar-refractivity contribution >= 4 is 21.8 Å². The van der Waals surface area contributed by atoms with Gasteiger partial charge in [-0.1, -0.05) is 82.6 Å². The smallest absolute Gasteiger partial charge is 0.243 e. The highest BCUT2D eigenvalue weighted by molar-refractivity contribution is 7.89. The lowest BCUT2D eigenvalue weighted by molar-refractivity contribution is -0.131. The summed E-state index contributed by atoms with van der Waals surface area (Å²) in [5, 5.41) is 17.3. The lowest BCUT2D eigenvalue weighted by Crippen LogP contribution is -2.57. The first-order valence-corrected chi connectivity index (χ1v) is 15.8. The molecule has 9 nitrogen and oxygen atoms in total. The van der Waals surface area contributed by atoms with Crippen LogP contribution in [0.3, 0.4) is 0 Å². The first-order valence-electron chi connectivity index (χ1n) is 14.4. The van der Waals surface area contributed by atoms with Crippen LogP contribution in [-0.2, 0) is 26.0 Å². The molecular weight excluding hydrogens is 540 g/mol. The van der Waals surface area contributed by atoms with E-state index < -0.39 is 34.1 Å². The van der Waals surface area contributed by atoms with Gasteiger partial charge in [-0.15, -0.1) is 0 Å². The fraction of sp³-hybridized carbons (Fsp3) is 0.548. The Morgan fingerprint density at radius 1 is 0.927 bits per heavy atom. The van der Waals surface area contributed by atoms with Gasteiger partial charge >= 0.3 is 0 Å². The number of aliphatic hydroxyl groups is 1. The lowest BCUT2D eigenvalue weighted by Gasteiger charge is -2.32. The Morgan fingerprint density at radius 2 is 1.51 bits per heavy atom. The molecule has 2 amide bonds. The molecule has 41 heavy (non-hydrogen) atoms. The number of nitrogens with zero attached hydrogens (tertiary/aromatic N) is 2. The summed E-state index contributed by atoms with van der Waals surface area (Å²) in [5.41, 5.74) is 0.883. The Hall–Kier alpha value is -2.79. The lowest BCUT2D eigenvalue weighted by atomic mass is 9.96. The average Bonchev–Trinajstić information content (AvgIpc) is 2.93. The molecule has 228 valence electrons. The van der Waals surface area contributed by atoms with Gasteiger partial charge in [-0.25, -0.2) is 8.42 Å². The van der Waals surface area contributed by atoms with Crippen molar-refractivity contribution in [1.29, 1.82) is 0 Å². The number of nitrogens with one attached hydrogen (secondary N) is 2. The molecule has 3 N–H and O–H groups in total. The molecule has 4 atom stereocenters. The van der Waals surface area contributed by atoms with Crippen LogP contribution in [0.25, 0.3) is 0 Å². The second-order valence-corrected chi connectivity index (χ2v) is 13.3. The largest absolute Gasteiger partial charge is 0.390 e. The summed E-state index contributed by atoms with van der Waals surface area (Å²) in [6.07, 6.45) is 0.350. The molecule has 2 aromatic rings. The fourth-order valence-electron chi connectivity index (χ4n) is 4.42. The van der Waals surface area contributed by atoms with Crippen molar-refractivity contribution < 1.29 is 23.1 Å². The SMILES string of the molecule is CC[C@@H](C)C(NC(=O)CN(C)C)C(=O)N[C@@H](Cc1ccccc1)[C@H](O)CN(CCC(C)C)S(=O)(=O)c1ccccc1. The Labute approximate surface area is 246 Å². The Balaban J connectivity index is 2.37. The van der Waals surface area contributed by atoms with E-state index >= 15 is 0 Å². The number of carbonyl (C=O) groups is 2. The van der Waals surface area contributed by atoms with Crippen LogP contribution >= 0.6 is 0 Å². The van der Waals surface area contributed by atoms with E-state index in [9.17, 15) is 23.1 Å². The molecule has 0 saturated carbocycles. The first-order chi connectivity index (χ1) is 19.3. The number of likely N-dealkylation sites (N-methyl/N-ethyl adjacent to an activating group) is 1. The summed E-state index contributed by atoms with van der Waals surface area (Å²) in [5.74, 6) is -0.588. The zero-order valence-electron chi connectivity index (χ0n) is 25.3. The first kappa shape index (κ1) is 34.4. The van der Waals surface area contributed by atoms with Crippen LogP contribution in [0.5, 0.6) is 0 Å². The van der Waals surface area contributed by atoms with Crippen molar-refractivity contribution in [3.05, 3.63) is 66.2 Å². The van der Waals surface area contributed by atoms with Gasteiger partial charge in [0.1, 0.15) is 6.04 Å². The van der Waals surface area contributed by atoms with Crippen molar-refractivity contribution in [3.8, 4) is 0 Å². The molecule has 2 aromatic carbocycles. The minimum absolute atomic E-state index is 0.137. The summed E-state index contributed by atoms with van der Waals surface area (Å²) in [7, 11) is -0.336. The molecule has 0 saturated heterocycles. The molecule has 0 fully saturated rings. The summed E-state index contributed by atoms with van der Waals surface area (Å²) in [6, 6.07) is 16.0. The van der Waals surface area contributed by atoms with E-state index in [-0.39, 0.29) is 48.7 Å². The highest BCUT2D eigenvalue weighted by Crippen LogP contribution is 2.19. The van der Waals surface area contributed by atoms with Crippen molar-refractivity contribution in [3.63, 3.8) is 0 Å². The molecule has 0 spiro atoms.